The number of fused-ring (bicyclic) bond motifs is 1. The third-order valence-corrected chi connectivity index (χ3v) is 3.63. The molecular weight excluding hydrogens is 320 g/mol. The van der Waals surface area contributed by atoms with Crippen LogP contribution in [0.4, 0.5) is 0 Å². The Kier molecular flexibility index (Phi) is 5.63. The van der Waals surface area contributed by atoms with E-state index in [1.807, 2.05) is 19.0 Å². The van der Waals surface area contributed by atoms with Crippen LogP contribution in [0.25, 0.3) is 6.08 Å². The second-order valence-electron chi connectivity index (χ2n) is 5.56. The van der Waals surface area contributed by atoms with Gasteiger partial charge in [0.15, 0.2) is 0 Å². The molecule has 1 aliphatic rings. The molecule has 0 saturated carbocycles. The molecule has 0 aliphatic carbocycles. The number of amides is 1. The summed E-state index contributed by atoms with van der Waals surface area (Å²) in [6.07, 6.45) is 1.71. The molecule has 0 saturated heterocycles. The zero-order valence-corrected chi connectivity index (χ0v) is 13.8. The standard InChI is InChI=1S/C16H19ClN2O4/c1-18(2)5-6-19(9-15(20)21)16(22)12-7-11-8-13(17)3-4-14(11)23-10-12/h3-4,7-8H,5-6,9-10H2,1-2H3,(H,20,21). The molecule has 6 nitrogen and oxygen atoms in total. The summed E-state index contributed by atoms with van der Waals surface area (Å²) in [4.78, 5) is 26.8. The van der Waals surface area contributed by atoms with Gasteiger partial charge in [-0.3, -0.25) is 9.59 Å². The van der Waals surface area contributed by atoms with Gasteiger partial charge in [0.25, 0.3) is 5.91 Å². The van der Waals surface area contributed by atoms with Crippen LogP contribution in [0.1, 0.15) is 5.56 Å². The summed E-state index contributed by atoms with van der Waals surface area (Å²) in [5.41, 5.74) is 1.13. The molecule has 0 aromatic heterocycles. The minimum absolute atomic E-state index is 0.117. The molecular formula is C16H19ClN2O4. The summed E-state index contributed by atoms with van der Waals surface area (Å²) in [7, 11) is 3.73. The highest BCUT2D eigenvalue weighted by atomic mass is 35.5. The summed E-state index contributed by atoms with van der Waals surface area (Å²) in [6.45, 7) is 0.686. The Morgan fingerprint density at radius 1 is 1.30 bits per heavy atom. The Hall–Kier alpha value is -2.05. The van der Waals surface area contributed by atoms with E-state index in [4.69, 9.17) is 21.4 Å². The number of aliphatic carboxylic acids is 1. The van der Waals surface area contributed by atoms with E-state index >= 15 is 0 Å². The van der Waals surface area contributed by atoms with Crippen LogP contribution in [0.3, 0.4) is 0 Å². The lowest BCUT2D eigenvalue weighted by Gasteiger charge is -2.25. The van der Waals surface area contributed by atoms with Crippen LogP contribution < -0.4 is 4.74 Å². The summed E-state index contributed by atoms with van der Waals surface area (Å²) in [5, 5.41) is 9.56. The third kappa shape index (κ3) is 4.71. The minimum Gasteiger partial charge on any atom is -0.488 e. The van der Waals surface area contributed by atoms with Gasteiger partial charge in [0.1, 0.15) is 18.9 Å². The Labute approximate surface area is 139 Å². The fourth-order valence-electron chi connectivity index (χ4n) is 2.21. The maximum atomic E-state index is 12.6. The second kappa shape index (κ2) is 7.48. The molecule has 2 rings (SSSR count). The number of carbonyl (C=O) groups is 2. The molecule has 1 amide bonds. The number of rotatable bonds is 6. The molecule has 1 aliphatic heterocycles. The number of carbonyl (C=O) groups excluding carboxylic acids is 1. The van der Waals surface area contributed by atoms with Gasteiger partial charge in [-0.15, -0.1) is 0 Å². The van der Waals surface area contributed by atoms with Gasteiger partial charge in [-0.2, -0.15) is 0 Å². The van der Waals surface area contributed by atoms with Crippen molar-refractivity contribution in [2.24, 2.45) is 0 Å². The second-order valence-corrected chi connectivity index (χ2v) is 6.00. The first-order chi connectivity index (χ1) is 10.9. The van der Waals surface area contributed by atoms with E-state index in [0.29, 0.717) is 29.4 Å². The summed E-state index contributed by atoms with van der Waals surface area (Å²) in [5.74, 6) is -0.721. The highest BCUT2D eigenvalue weighted by Gasteiger charge is 2.24. The summed E-state index contributed by atoms with van der Waals surface area (Å²) in [6, 6.07) is 5.18. The van der Waals surface area contributed by atoms with E-state index in [9.17, 15) is 9.59 Å². The predicted octanol–water partition coefficient (Wildman–Crippen LogP) is 1.59. The van der Waals surface area contributed by atoms with E-state index in [1.54, 1.807) is 24.3 Å². The third-order valence-electron chi connectivity index (χ3n) is 3.39. The quantitative estimate of drug-likeness (QED) is 0.853. The number of likely N-dealkylation sites (N-methyl/N-ethyl adjacent to an activating group) is 1. The molecule has 1 heterocycles. The highest BCUT2D eigenvalue weighted by Crippen LogP contribution is 2.29. The fraction of sp³-hybridized carbons (Fsp3) is 0.375. The average Bonchev–Trinajstić information content (AvgIpc) is 2.49. The van der Waals surface area contributed by atoms with E-state index < -0.39 is 5.97 Å². The molecule has 7 heteroatoms. The summed E-state index contributed by atoms with van der Waals surface area (Å²) < 4.78 is 5.56. The predicted molar refractivity (Wildman–Crippen MR) is 87.7 cm³/mol. The molecule has 0 radical (unpaired) electrons. The first-order valence-corrected chi connectivity index (χ1v) is 7.53. The molecule has 0 spiro atoms. The monoisotopic (exact) mass is 338 g/mol. The van der Waals surface area contributed by atoms with Crippen LogP contribution in [-0.2, 0) is 9.59 Å². The number of carboxylic acids is 1. The zero-order valence-electron chi connectivity index (χ0n) is 13.1. The normalized spacial score (nSPS) is 13.1. The van der Waals surface area contributed by atoms with E-state index in [2.05, 4.69) is 0 Å². The van der Waals surface area contributed by atoms with Gasteiger partial charge in [-0.05, 0) is 38.4 Å². The highest BCUT2D eigenvalue weighted by molar-refractivity contribution is 6.30. The molecule has 0 unspecified atom stereocenters. The molecule has 1 N–H and O–H groups in total. The Morgan fingerprint density at radius 3 is 2.70 bits per heavy atom. The van der Waals surface area contributed by atoms with Crippen molar-refractivity contribution in [1.29, 1.82) is 0 Å². The maximum absolute atomic E-state index is 12.6. The lowest BCUT2D eigenvalue weighted by molar-refractivity contribution is -0.143. The van der Waals surface area contributed by atoms with E-state index in [0.717, 1.165) is 5.56 Å². The van der Waals surface area contributed by atoms with Crippen LogP contribution in [-0.4, -0.2) is 67.1 Å². The van der Waals surface area contributed by atoms with Crippen molar-refractivity contribution in [2.45, 2.75) is 0 Å². The number of ether oxygens (including phenoxy) is 1. The van der Waals surface area contributed by atoms with Crippen LogP contribution in [0.2, 0.25) is 5.02 Å². The SMILES string of the molecule is CN(C)CCN(CC(=O)O)C(=O)C1=Cc2cc(Cl)ccc2OC1. The Morgan fingerprint density at radius 2 is 2.04 bits per heavy atom. The minimum atomic E-state index is -1.04. The van der Waals surface area contributed by atoms with Gasteiger partial charge in [0.05, 0.1) is 5.57 Å². The first kappa shape index (κ1) is 17.3. The molecule has 124 valence electrons. The van der Waals surface area contributed by atoms with Crippen molar-refractivity contribution in [3.8, 4) is 5.75 Å². The number of halogens is 1. The molecule has 1 aromatic carbocycles. The Balaban J connectivity index is 2.20. The number of nitrogens with zero attached hydrogens (tertiary/aromatic N) is 2. The van der Waals surface area contributed by atoms with Crippen LogP contribution in [0.15, 0.2) is 23.8 Å². The molecule has 23 heavy (non-hydrogen) atoms. The molecule has 1 aromatic rings. The molecule has 0 atom stereocenters. The van der Waals surface area contributed by atoms with Crippen molar-refractivity contribution in [1.82, 2.24) is 9.80 Å². The van der Waals surface area contributed by atoms with Crippen molar-refractivity contribution in [3.05, 3.63) is 34.4 Å². The smallest absolute Gasteiger partial charge is 0.323 e. The van der Waals surface area contributed by atoms with E-state index in [1.165, 1.54) is 4.90 Å². The van der Waals surface area contributed by atoms with Gasteiger partial charge in [0.2, 0.25) is 0 Å². The van der Waals surface area contributed by atoms with Gasteiger partial charge in [-0.1, -0.05) is 11.6 Å². The fourth-order valence-corrected chi connectivity index (χ4v) is 2.39. The average molecular weight is 339 g/mol. The lowest BCUT2D eigenvalue weighted by Crippen LogP contribution is -2.41. The van der Waals surface area contributed by atoms with Gasteiger partial charge >= 0.3 is 5.97 Å². The van der Waals surface area contributed by atoms with Gasteiger partial charge in [0, 0.05) is 23.7 Å². The van der Waals surface area contributed by atoms with Crippen LogP contribution in [0, 0.1) is 0 Å². The topological polar surface area (TPSA) is 70.1 Å². The van der Waals surface area contributed by atoms with Crippen LogP contribution >= 0.6 is 11.6 Å². The first-order valence-electron chi connectivity index (χ1n) is 7.15. The number of benzene rings is 1. The van der Waals surface area contributed by atoms with Gasteiger partial charge in [-0.25, -0.2) is 0 Å². The van der Waals surface area contributed by atoms with Crippen molar-refractivity contribution < 1.29 is 19.4 Å². The Bertz CT molecular complexity index is 643. The number of hydrogen-bond acceptors (Lipinski definition) is 4. The number of carboxylic acid groups (broad SMARTS) is 1. The van der Waals surface area contributed by atoms with Gasteiger partial charge < -0.3 is 19.6 Å². The lowest BCUT2D eigenvalue weighted by atomic mass is 10.1. The molecule has 0 fully saturated rings. The molecule has 0 bridgehead atoms. The van der Waals surface area contributed by atoms with Crippen LogP contribution in [0.5, 0.6) is 5.75 Å². The number of hydrogen-bond donors (Lipinski definition) is 1. The maximum Gasteiger partial charge on any atom is 0.323 e. The largest absolute Gasteiger partial charge is 0.488 e. The summed E-state index contributed by atoms with van der Waals surface area (Å²) >= 11 is 5.96. The zero-order chi connectivity index (χ0) is 17.0. The van der Waals surface area contributed by atoms with Crippen molar-refractivity contribution >= 4 is 29.6 Å². The van der Waals surface area contributed by atoms with Crippen molar-refractivity contribution in [2.75, 3.05) is 40.3 Å². The van der Waals surface area contributed by atoms with Crippen molar-refractivity contribution in [3.63, 3.8) is 0 Å². The van der Waals surface area contributed by atoms with E-state index in [-0.39, 0.29) is 19.1 Å².